The number of nitrogens with zero attached hydrogens (tertiary/aromatic N) is 1. The lowest BCUT2D eigenvalue weighted by Gasteiger charge is -2.64. The summed E-state index contributed by atoms with van der Waals surface area (Å²) in [5, 5.41) is 22.3. The molecule has 2 aliphatic carbocycles. The summed E-state index contributed by atoms with van der Waals surface area (Å²) >= 11 is 0. The Morgan fingerprint density at radius 2 is 2.24 bits per heavy atom. The van der Waals surface area contributed by atoms with Crippen LogP contribution in [-0.4, -0.2) is 58.4 Å². The molecule has 1 aromatic rings. The number of likely N-dealkylation sites (tertiary alicyclic amines) is 1. The first kappa shape index (κ1) is 15.4. The molecule has 2 fully saturated rings. The van der Waals surface area contributed by atoms with Gasteiger partial charge in [0.15, 0.2) is 23.4 Å². The Balaban J connectivity index is 1.82. The SMILES string of the molecule is C=CC[N@@+]1(C)CC[C@@]23c4c5ccc(O)c4OC2C(=O)CCC3(O)C1C5. The lowest BCUT2D eigenvalue weighted by atomic mass is 9.48. The van der Waals surface area contributed by atoms with Gasteiger partial charge in [0.2, 0.25) is 0 Å². The van der Waals surface area contributed by atoms with Crippen molar-refractivity contribution in [2.24, 2.45) is 0 Å². The summed E-state index contributed by atoms with van der Waals surface area (Å²) in [6, 6.07) is 3.60. The molecule has 1 saturated heterocycles. The molecule has 1 spiro atoms. The molecule has 2 bridgehead atoms. The van der Waals surface area contributed by atoms with E-state index in [1.54, 1.807) is 6.07 Å². The maximum Gasteiger partial charge on any atom is 0.174 e. The number of hydrogen-bond donors (Lipinski definition) is 2. The number of hydrogen-bond acceptors (Lipinski definition) is 4. The highest BCUT2D eigenvalue weighted by Crippen LogP contribution is 2.65. The zero-order valence-corrected chi connectivity index (χ0v) is 14.5. The van der Waals surface area contributed by atoms with E-state index in [-0.39, 0.29) is 17.6 Å². The van der Waals surface area contributed by atoms with Crippen LogP contribution < -0.4 is 4.74 Å². The first-order valence-corrected chi connectivity index (χ1v) is 9.09. The third-order valence-electron chi connectivity index (χ3n) is 7.45. The van der Waals surface area contributed by atoms with Gasteiger partial charge in [0.25, 0.3) is 0 Å². The van der Waals surface area contributed by atoms with Gasteiger partial charge in [0.1, 0.15) is 11.6 Å². The number of Topliss-reactive ketones (excluding diaryl/α,β-unsaturated/α-hetero) is 1. The topological polar surface area (TPSA) is 66.8 Å². The summed E-state index contributed by atoms with van der Waals surface area (Å²) < 4.78 is 6.76. The summed E-state index contributed by atoms with van der Waals surface area (Å²) in [4.78, 5) is 12.7. The average molecular weight is 342 g/mol. The molecule has 25 heavy (non-hydrogen) atoms. The number of carbonyl (C=O) groups excluding carboxylic acids is 1. The molecule has 5 heteroatoms. The van der Waals surface area contributed by atoms with Crippen molar-refractivity contribution >= 4 is 5.78 Å². The van der Waals surface area contributed by atoms with Gasteiger partial charge in [-0.3, -0.25) is 4.79 Å². The molecular weight excluding hydrogens is 318 g/mol. The summed E-state index contributed by atoms with van der Waals surface area (Å²) in [6.07, 6.45) is 3.47. The number of benzene rings is 1. The van der Waals surface area contributed by atoms with E-state index in [1.165, 1.54) is 0 Å². The van der Waals surface area contributed by atoms with Gasteiger partial charge >= 0.3 is 0 Å². The molecule has 5 rings (SSSR count). The molecule has 132 valence electrons. The summed E-state index contributed by atoms with van der Waals surface area (Å²) in [6.45, 7) is 5.57. The van der Waals surface area contributed by atoms with Crippen molar-refractivity contribution in [1.82, 2.24) is 0 Å². The number of ketones is 1. The highest BCUT2D eigenvalue weighted by molar-refractivity contribution is 5.90. The van der Waals surface area contributed by atoms with Crippen molar-refractivity contribution in [3.05, 3.63) is 35.9 Å². The molecule has 2 heterocycles. The zero-order chi connectivity index (χ0) is 17.6. The number of phenols is 1. The fourth-order valence-corrected chi connectivity index (χ4v) is 6.34. The van der Waals surface area contributed by atoms with Crippen LogP contribution in [0, 0.1) is 0 Å². The van der Waals surface area contributed by atoms with Crippen LogP contribution in [0.5, 0.6) is 11.5 Å². The van der Waals surface area contributed by atoms with E-state index < -0.39 is 17.1 Å². The lowest BCUT2D eigenvalue weighted by Crippen LogP contribution is -2.80. The van der Waals surface area contributed by atoms with Crippen molar-refractivity contribution in [3.8, 4) is 11.5 Å². The van der Waals surface area contributed by atoms with Gasteiger partial charge < -0.3 is 19.4 Å². The van der Waals surface area contributed by atoms with Gasteiger partial charge in [-0.1, -0.05) is 12.6 Å². The Bertz CT molecular complexity index is 820. The van der Waals surface area contributed by atoms with Crippen molar-refractivity contribution in [1.29, 1.82) is 0 Å². The molecule has 1 aromatic carbocycles. The number of rotatable bonds is 2. The van der Waals surface area contributed by atoms with Crippen molar-refractivity contribution in [3.63, 3.8) is 0 Å². The molecule has 0 aromatic heterocycles. The Kier molecular flexibility index (Phi) is 2.75. The minimum Gasteiger partial charge on any atom is -0.504 e. The van der Waals surface area contributed by atoms with Crippen LogP contribution in [0.1, 0.15) is 30.4 Å². The van der Waals surface area contributed by atoms with E-state index >= 15 is 0 Å². The second kappa shape index (κ2) is 4.46. The molecule has 5 atom stereocenters. The van der Waals surface area contributed by atoms with Crippen molar-refractivity contribution in [2.75, 3.05) is 20.1 Å². The molecule has 0 amide bonds. The quantitative estimate of drug-likeness (QED) is 0.631. The monoisotopic (exact) mass is 342 g/mol. The first-order valence-electron chi connectivity index (χ1n) is 9.09. The van der Waals surface area contributed by atoms with Crippen LogP contribution in [0.15, 0.2) is 24.8 Å². The smallest absolute Gasteiger partial charge is 0.174 e. The van der Waals surface area contributed by atoms with Gasteiger partial charge in [-0.2, -0.15) is 0 Å². The van der Waals surface area contributed by atoms with Gasteiger partial charge in [0, 0.05) is 24.8 Å². The van der Waals surface area contributed by atoms with Crippen LogP contribution in [0.4, 0.5) is 0 Å². The number of ether oxygens (including phenoxy) is 1. The largest absolute Gasteiger partial charge is 0.504 e. The van der Waals surface area contributed by atoms with E-state index in [0.717, 1.165) is 35.1 Å². The lowest BCUT2D eigenvalue weighted by molar-refractivity contribution is -0.944. The number of quaternary nitrogens is 1. The predicted molar refractivity (Wildman–Crippen MR) is 91.6 cm³/mol. The number of aliphatic hydroxyl groups is 1. The number of carbonyl (C=O) groups is 1. The number of likely N-dealkylation sites (N-methyl/N-ethyl adjacent to an activating group) is 1. The van der Waals surface area contributed by atoms with Crippen molar-refractivity contribution in [2.45, 2.75) is 48.8 Å². The van der Waals surface area contributed by atoms with E-state index in [1.807, 2.05) is 12.1 Å². The minimum atomic E-state index is -0.992. The van der Waals surface area contributed by atoms with Crippen molar-refractivity contribution < 1.29 is 24.2 Å². The molecule has 5 nitrogen and oxygen atoms in total. The molecule has 4 aliphatic rings. The highest BCUT2D eigenvalue weighted by Gasteiger charge is 2.76. The minimum absolute atomic E-state index is 0.00134. The second-order valence-corrected chi connectivity index (χ2v) is 8.45. The summed E-state index contributed by atoms with van der Waals surface area (Å²) in [7, 11) is 2.19. The van der Waals surface area contributed by atoms with Crippen LogP contribution in [0.3, 0.4) is 0 Å². The van der Waals surface area contributed by atoms with E-state index in [0.29, 0.717) is 25.0 Å². The normalized spacial score (nSPS) is 43.4. The van der Waals surface area contributed by atoms with Gasteiger partial charge in [-0.25, -0.2) is 0 Å². The Morgan fingerprint density at radius 3 is 3.00 bits per heavy atom. The van der Waals surface area contributed by atoms with Gasteiger partial charge in [0.05, 0.1) is 25.6 Å². The zero-order valence-electron chi connectivity index (χ0n) is 14.5. The van der Waals surface area contributed by atoms with Crippen LogP contribution >= 0.6 is 0 Å². The number of piperidine rings is 1. The summed E-state index contributed by atoms with van der Waals surface area (Å²) in [5.41, 5.74) is 0.295. The molecule has 1 saturated carbocycles. The first-order chi connectivity index (χ1) is 11.9. The molecule has 2 aliphatic heterocycles. The Labute approximate surface area is 147 Å². The molecular formula is C20H24NO4+. The Morgan fingerprint density at radius 1 is 1.44 bits per heavy atom. The maximum absolute atomic E-state index is 12.7. The van der Waals surface area contributed by atoms with E-state index in [4.69, 9.17) is 4.74 Å². The van der Waals surface area contributed by atoms with Gasteiger partial charge in [-0.05, 0) is 24.1 Å². The Hall–Kier alpha value is -1.85. The standard InChI is InChI=1S/C20H23NO4/c1-3-9-21(2)10-8-19-16-12-4-5-13(22)17(16)25-18(19)14(23)6-7-20(19,24)15(21)11-12/h3-5,15,18,24H,1,6-11H2,2H3/p+1/t15?,18?,19-,20?,21+/m1/s1. The number of aromatic hydroxyl groups is 1. The average Bonchev–Trinajstić information content (AvgIpc) is 2.93. The third-order valence-corrected chi connectivity index (χ3v) is 7.45. The molecule has 2 N–H and O–H groups in total. The van der Waals surface area contributed by atoms with Crippen LogP contribution in [0.25, 0.3) is 0 Å². The maximum atomic E-state index is 12.7. The second-order valence-electron chi connectivity index (χ2n) is 8.45. The summed E-state index contributed by atoms with van der Waals surface area (Å²) in [5.74, 6) is 0.547. The predicted octanol–water partition coefficient (Wildman–Crippen LogP) is 1.45. The molecule has 0 radical (unpaired) electrons. The van der Waals surface area contributed by atoms with E-state index in [9.17, 15) is 15.0 Å². The highest BCUT2D eigenvalue weighted by atomic mass is 16.5. The fourth-order valence-electron chi connectivity index (χ4n) is 6.34. The van der Waals surface area contributed by atoms with Gasteiger partial charge in [-0.15, -0.1) is 0 Å². The van der Waals surface area contributed by atoms with Crippen LogP contribution in [-0.2, 0) is 16.6 Å². The molecule has 3 unspecified atom stereocenters. The van der Waals surface area contributed by atoms with E-state index in [2.05, 4.69) is 13.6 Å². The van der Waals surface area contributed by atoms with Crippen LogP contribution in [0.2, 0.25) is 0 Å². The fraction of sp³-hybridized carbons (Fsp3) is 0.550. The third kappa shape index (κ3) is 1.51. The number of phenolic OH excluding ortho intramolecular Hbond substituents is 1.